The van der Waals surface area contributed by atoms with E-state index < -0.39 is 0 Å². The van der Waals surface area contributed by atoms with E-state index >= 15 is 0 Å². The highest BCUT2D eigenvalue weighted by Gasteiger charge is 2.23. The molecule has 0 bridgehead atoms. The van der Waals surface area contributed by atoms with E-state index in [1.807, 2.05) is 24.1 Å². The van der Waals surface area contributed by atoms with Crippen molar-refractivity contribution >= 4 is 11.9 Å². The molecule has 1 aliphatic rings. The van der Waals surface area contributed by atoms with Gasteiger partial charge in [-0.3, -0.25) is 9.69 Å². The third-order valence-electron chi connectivity index (χ3n) is 3.18. The van der Waals surface area contributed by atoms with Gasteiger partial charge in [-0.15, -0.1) is 0 Å². The zero-order valence-corrected chi connectivity index (χ0v) is 11.9. The summed E-state index contributed by atoms with van der Waals surface area (Å²) in [5.74, 6) is -0.269. The number of likely N-dealkylation sites (N-methyl/N-ethyl adjacent to an activating group) is 1. The summed E-state index contributed by atoms with van der Waals surface area (Å²) in [5, 5.41) is 2.96. The maximum atomic E-state index is 11.7. The standard InChI is InChI=1S/C15H20N2O3/c1-17(10-14(18)16-13-7-8-13)9-11-3-5-12(6-4-11)15(19)20-2/h3-6,13H,7-10H2,1-2H3,(H,16,18). The summed E-state index contributed by atoms with van der Waals surface area (Å²) >= 11 is 0. The van der Waals surface area contributed by atoms with Gasteiger partial charge in [0.2, 0.25) is 5.91 Å². The molecule has 0 atom stereocenters. The maximum Gasteiger partial charge on any atom is 0.337 e. The molecule has 1 aromatic rings. The predicted molar refractivity (Wildman–Crippen MR) is 75.3 cm³/mol. The van der Waals surface area contributed by atoms with Crippen molar-refractivity contribution in [1.29, 1.82) is 0 Å². The molecule has 1 amide bonds. The first kappa shape index (κ1) is 14.5. The van der Waals surface area contributed by atoms with Crippen LogP contribution in [0.2, 0.25) is 0 Å². The summed E-state index contributed by atoms with van der Waals surface area (Å²) in [7, 11) is 3.27. The molecule has 0 radical (unpaired) electrons. The molecule has 0 aromatic heterocycles. The number of methoxy groups -OCH3 is 1. The third-order valence-corrected chi connectivity index (χ3v) is 3.18. The molecule has 0 aliphatic heterocycles. The fraction of sp³-hybridized carbons (Fsp3) is 0.467. The van der Waals surface area contributed by atoms with Crippen LogP contribution in [0.3, 0.4) is 0 Å². The predicted octanol–water partition coefficient (Wildman–Crippen LogP) is 1.18. The third kappa shape index (κ3) is 4.35. The molecule has 20 heavy (non-hydrogen) atoms. The van der Waals surface area contributed by atoms with Gasteiger partial charge >= 0.3 is 5.97 Å². The van der Waals surface area contributed by atoms with Crippen molar-refractivity contribution in [2.24, 2.45) is 0 Å². The van der Waals surface area contributed by atoms with Crippen molar-refractivity contribution < 1.29 is 14.3 Å². The number of carbonyl (C=O) groups is 2. The number of benzene rings is 1. The molecule has 108 valence electrons. The minimum atomic E-state index is -0.339. The quantitative estimate of drug-likeness (QED) is 0.793. The van der Waals surface area contributed by atoms with E-state index in [1.54, 1.807) is 12.1 Å². The van der Waals surface area contributed by atoms with E-state index in [-0.39, 0.29) is 11.9 Å². The van der Waals surface area contributed by atoms with Crippen molar-refractivity contribution in [3.63, 3.8) is 0 Å². The Morgan fingerprint density at radius 2 is 1.95 bits per heavy atom. The first-order valence-corrected chi connectivity index (χ1v) is 6.73. The molecule has 1 N–H and O–H groups in total. The van der Waals surface area contributed by atoms with Crippen LogP contribution in [0.15, 0.2) is 24.3 Å². The number of esters is 1. The molecule has 1 fully saturated rings. The molecule has 1 saturated carbocycles. The lowest BCUT2D eigenvalue weighted by Crippen LogP contribution is -2.35. The van der Waals surface area contributed by atoms with Crippen LogP contribution in [0.5, 0.6) is 0 Å². The normalized spacial score (nSPS) is 14.2. The van der Waals surface area contributed by atoms with Gasteiger partial charge in [0.15, 0.2) is 0 Å². The number of nitrogens with zero attached hydrogens (tertiary/aromatic N) is 1. The van der Waals surface area contributed by atoms with Gasteiger partial charge in [0.1, 0.15) is 0 Å². The molecule has 0 spiro atoms. The number of ether oxygens (including phenoxy) is 1. The Hall–Kier alpha value is -1.88. The summed E-state index contributed by atoms with van der Waals surface area (Å²) in [4.78, 5) is 24.9. The molecule has 2 rings (SSSR count). The summed E-state index contributed by atoms with van der Waals surface area (Å²) in [6.45, 7) is 1.05. The summed E-state index contributed by atoms with van der Waals surface area (Å²) in [6, 6.07) is 7.62. The highest BCUT2D eigenvalue weighted by atomic mass is 16.5. The highest BCUT2D eigenvalue weighted by Crippen LogP contribution is 2.18. The van der Waals surface area contributed by atoms with Crippen molar-refractivity contribution in [3.05, 3.63) is 35.4 Å². The van der Waals surface area contributed by atoms with E-state index in [4.69, 9.17) is 0 Å². The lowest BCUT2D eigenvalue weighted by molar-refractivity contribution is -0.122. The second kappa shape index (κ2) is 6.52. The number of hydrogen-bond acceptors (Lipinski definition) is 4. The molecule has 0 heterocycles. The average molecular weight is 276 g/mol. The SMILES string of the molecule is COC(=O)c1ccc(CN(C)CC(=O)NC2CC2)cc1. The summed E-state index contributed by atoms with van der Waals surface area (Å²) in [5.41, 5.74) is 1.59. The zero-order valence-electron chi connectivity index (χ0n) is 11.9. The van der Waals surface area contributed by atoms with Crippen LogP contribution in [0.1, 0.15) is 28.8 Å². The second-order valence-electron chi connectivity index (χ2n) is 5.20. The first-order valence-electron chi connectivity index (χ1n) is 6.73. The average Bonchev–Trinajstić information content (AvgIpc) is 3.22. The number of nitrogens with one attached hydrogen (secondary N) is 1. The minimum absolute atomic E-state index is 0.0705. The number of carbonyl (C=O) groups excluding carboxylic acids is 2. The molecule has 1 aliphatic carbocycles. The van der Waals surface area contributed by atoms with Crippen molar-refractivity contribution in [1.82, 2.24) is 10.2 Å². The van der Waals surface area contributed by atoms with Gasteiger partial charge in [0.25, 0.3) is 0 Å². The molecule has 5 heteroatoms. The fourth-order valence-electron chi connectivity index (χ4n) is 1.98. The van der Waals surface area contributed by atoms with Crippen molar-refractivity contribution in [2.75, 3.05) is 20.7 Å². The lowest BCUT2D eigenvalue weighted by atomic mass is 10.1. The Morgan fingerprint density at radius 3 is 2.50 bits per heavy atom. The van der Waals surface area contributed by atoms with Crippen molar-refractivity contribution in [3.8, 4) is 0 Å². The van der Waals surface area contributed by atoms with Crippen LogP contribution < -0.4 is 5.32 Å². The Kier molecular flexibility index (Phi) is 4.74. The van der Waals surface area contributed by atoms with Gasteiger partial charge in [-0.05, 0) is 37.6 Å². The first-order chi connectivity index (χ1) is 9.58. The van der Waals surface area contributed by atoms with Gasteiger partial charge in [-0.2, -0.15) is 0 Å². The van der Waals surface area contributed by atoms with E-state index in [0.717, 1.165) is 18.4 Å². The van der Waals surface area contributed by atoms with E-state index in [1.165, 1.54) is 7.11 Å². The van der Waals surface area contributed by atoms with Gasteiger partial charge in [0, 0.05) is 12.6 Å². The molecular weight excluding hydrogens is 256 g/mol. The summed E-state index contributed by atoms with van der Waals surface area (Å²) < 4.78 is 4.65. The number of rotatable bonds is 6. The zero-order chi connectivity index (χ0) is 14.5. The monoisotopic (exact) mass is 276 g/mol. The Balaban J connectivity index is 1.82. The van der Waals surface area contributed by atoms with Gasteiger partial charge in [0.05, 0.1) is 19.2 Å². The molecule has 0 unspecified atom stereocenters. The molecule has 5 nitrogen and oxygen atoms in total. The van der Waals surface area contributed by atoms with Gasteiger partial charge < -0.3 is 10.1 Å². The van der Waals surface area contributed by atoms with E-state index in [0.29, 0.717) is 24.7 Å². The van der Waals surface area contributed by atoms with Crippen LogP contribution in [0, 0.1) is 0 Å². The Morgan fingerprint density at radius 1 is 1.30 bits per heavy atom. The molecule has 0 saturated heterocycles. The van der Waals surface area contributed by atoms with Crippen LogP contribution in [0.25, 0.3) is 0 Å². The Labute approximate surface area is 118 Å². The van der Waals surface area contributed by atoms with Crippen molar-refractivity contribution in [2.45, 2.75) is 25.4 Å². The van der Waals surface area contributed by atoms with E-state index in [9.17, 15) is 9.59 Å². The second-order valence-corrected chi connectivity index (χ2v) is 5.20. The van der Waals surface area contributed by atoms with Crippen LogP contribution >= 0.6 is 0 Å². The smallest absolute Gasteiger partial charge is 0.337 e. The maximum absolute atomic E-state index is 11.7. The molecule has 1 aromatic carbocycles. The lowest BCUT2D eigenvalue weighted by Gasteiger charge is -2.16. The van der Waals surface area contributed by atoms with Crippen LogP contribution in [0.4, 0.5) is 0 Å². The number of amides is 1. The van der Waals surface area contributed by atoms with Crippen LogP contribution in [-0.4, -0.2) is 43.5 Å². The highest BCUT2D eigenvalue weighted by molar-refractivity contribution is 5.89. The number of hydrogen-bond donors (Lipinski definition) is 1. The Bertz CT molecular complexity index is 480. The fourth-order valence-corrected chi connectivity index (χ4v) is 1.98. The van der Waals surface area contributed by atoms with Crippen LogP contribution in [-0.2, 0) is 16.1 Å². The largest absolute Gasteiger partial charge is 0.465 e. The minimum Gasteiger partial charge on any atom is -0.465 e. The van der Waals surface area contributed by atoms with Gasteiger partial charge in [-0.25, -0.2) is 4.79 Å². The summed E-state index contributed by atoms with van der Waals surface area (Å²) in [6.07, 6.45) is 2.20. The topological polar surface area (TPSA) is 58.6 Å². The van der Waals surface area contributed by atoms with E-state index in [2.05, 4.69) is 10.1 Å². The van der Waals surface area contributed by atoms with Gasteiger partial charge in [-0.1, -0.05) is 12.1 Å². The molecular formula is C15H20N2O3.